The first-order chi connectivity index (χ1) is 10.2. The molecule has 120 valence electrons. The maximum absolute atomic E-state index is 5.03. The summed E-state index contributed by atoms with van der Waals surface area (Å²) < 4.78 is 5.03. The number of likely N-dealkylation sites (tertiary alicyclic amines) is 1. The predicted molar refractivity (Wildman–Crippen MR) is 89.2 cm³/mol. The summed E-state index contributed by atoms with van der Waals surface area (Å²) in [5.74, 6) is 0. The third-order valence-corrected chi connectivity index (χ3v) is 5.27. The van der Waals surface area contributed by atoms with Crippen molar-refractivity contribution in [1.82, 2.24) is 15.2 Å². The Morgan fingerprint density at radius 1 is 1.48 bits per heavy atom. The maximum Gasteiger partial charge on any atom is 0.185 e. The molecule has 1 saturated heterocycles. The molecule has 2 rings (SSSR count). The summed E-state index contributed by atoms with van der Waals surface area (Å²) in [6.45, 7) is 8.35. The second-order valence-electron chi connectivity index (χ2n) is 5.56. The summed E-state index contributed by atoms with van der Waals surface area (Å²) in [6.07, 6.45) is 4.48. The molecule has 1 aromatic heterocycles. The molecule has 0 aromatic carbocycles. The van der Waals surface area contributed by atoms with Gasteiger partial charge < -0.3 is 19.9 Å². The molecule has 0 unspecified atom stereocenters. The molecule has 0 radical (unpaired) electrons. The summed E-state index contributed by atoms with van der Waals surface area (Å²) in [5.41, 5.74) is 0. The van der Waals surface area contributed by atoms with Gasteiger partial charge in [0.05, 0.1) is 6.61 Å². The van der Waals surface area contributed by atoms with Gasteiger partial charge in [0.15, 0.2) is 5.13 Å². The SMILES string of the molecule is CCN1CCC(N(C)c2ncc(CNCCOC)s2)CC1. The van der Waals surface area contributed by atoms with Crippen molar-refractivity contribution in [2.75, 3.05) is 51.8 Å². The van der Waals surface area contributed by atoms with Crippen LogP contribution in [0.3, 0.4) is 0 Å². The van der Waals surface area contributed by atoms with E-state index >= 15 is 0 Å². The fraction of sp³-hybridized carbons (Fsp3) is 0.800. The highest BCUT2D eigenvalue weighted by molar-refractivity contribution is 7.15. The number of hydrogen-bond acceptors (Lipinski definition) is 6. The lowest BCUT2D eigenvalue weighted by Gasteiger charge is -2.36. The fourth-order valence-electron chi connectivity index (χ4n) is 2.71. The maximum atomic E-state index is 5.03. The van der Waals surface area contributed by atoms with Crippen molar-refractivity contribution in [1.29, 1.82) is 0 Å². The van der Waals surface area contributed by atoms with E-state index in [-0.39, 0.29) is 0 Å². The van der Waals surface area contributed by atoms with Gasteiger partial charge in [-0.05, 0) is 19.4 Å². The van der Waals surface area contributed by atoms with Crippen LogP contribution in [-0.2, 0) is 11.3 Å². The van der Waals surface area contributed by atoms with Crippen molar-refractivity contribution < 1.29 is 4.74 Å². The van der Waals surface area contributed by atoms with Crippen LogP contribution in [0.5, 0.6) is 0 Å². The molecule has 1 fully saturated rings. The Labute approximate surface area is 132 Å². The van der Waals surface area contributed by atoms with Crippen molar-refractivity contribution in [2.24, 2.45) is 0 Å². The van der Waals surface area contributed by atoms with Gasteiger partial charge in [0, 0.05) is 57.5 Å². The standard InChI is InChI=1S/C15H28N4OS/c1-4-19-8-5-13(6-9-19)18(2)15-17-12-14(21-15)11-16-7-10-20-3/h12-13,16H,4-11H2,1-3H3. The van der Waals surface area contributed by atoms with Crippen molar-refractivity contribution in [3.63, 3.8) is 0 Å². The average Bonchev–Trinajstić information content (AvgIpc) is 3.00. The van der Waals surface area contributed by atoms with Gasteiger partial charge in [0.25, 0.3) is 0 Å². The molecule has 6 heteroatoms. The molecule has 0 spiro atoms. The van der Waals surface area contributed by atoms with Crippen LogP contribution in [-0.4, -0.2) is 62.9 Å². The van der Waals surface area contributed by atoms with Crippen molar-refractivity contribution in [3.05, 3.63) is 11.1 Å². The fourth-order valence-corrected chi connectivity index (χ4v) is 3.62. The third-order valence-electron chi connectivity index (χ3n) is 4.18. The quantitative estimate of drug-likeness (QED) is 0.741. The first kappa shape index (κ1) is 16.7. The minimum Gasteiger partial charge on any atom is -0.383 e. The monoisotopic (exact) mass is 312 g/mol. The molecule has 0 aliphatic carbocycles. The summed E-state index contributed by atoms with van der Waals surface area (Å²) in [5, 5.41) is 4.51. The summed E-state index contributed by atoms with van der Waals surface area (Å²) in [7, 11) is 3.92. The minimum atomic E-state index is 0.633. The van der Waals surface area contributed by atoms with E-state index < -0.39 is 0 Å². The highest BCUT2D eigenvalue weighted by atomic mass is 32.1. The number of piperidine rings is 1. The van der Waals surface area contributed by atoms with E-state index in [4.69, 9.17) is 4.74 Å². The van der Waals surface area contributed by atoms with Gasteiger partial charge in [0.1, 0.15) is 0 Å². The number of aromatic nitrogens is 1. The zero-order valence-corrected chi connectivity index (χ0v) is 14.3. The number of anilines is 1. The lowest BCUT2D eigenvalue weighted by atomic mass is 10.0. The normalized spacial score (nSPS) is 17.3. The van der Waals surface area contributed by atoms with Crippen molar-refractivity contribution >= 4 is 16.5 Å². The Hall–Kier alpha value is -0.690. The molecule has 0 bridgehead atoms. The predicted octanol–water partition coefficient (Wildman–Crippen LogP) is 1.80. The second-order valence-corrected chi connectivity index (χ2v) is 6.65. The van der Waals surface area contributed by atoms with Crippen LogP contribution in [0.15, 0.2) is 6.20 Å². The highest BCUT2D eigenvalue weighted by Crippen LogP contribution is 2.26. The second kappa shape index (κ2) is 8.68. The first-order valence-corrected chi connectivity index (χ1v) is 8.65. The molecule has 5 nitrogen and oxygen atoms in total. The number of nitrogens with one attached hydrogen (secondary N) is 1. The van der Waals surface area contributed by atoms with Crippen LogP contribution in [0.4, 0.5) is 5.13 Å². The van der Waals surface area contributed by atoms with E-state index in [1.807, 2.05) is 6.20 Å². The molecule has 0 saturated carbocycles. The number of nitrogens with zero attached hydrogens (tertiary/aromatic N) is 3. The molecular weight excluding hydrogens is 284 g/mol. The zero-order valence-electron chi connectivity index (χ0n) is 13.5. The minimum absolute atomic E-state index is 0.633. The van der Waals surface area contributed by atoms with Gasteiger partial charge in [-0.25, -0.2) is 4.98 Å². The zero-order chi connectivity index (χ0) is 15.1. The van der Waals surface area contributed by atoms with E-state index in [1.54, 1.807) is 18.4 Å². The van der Waals surface area contributed by atoms with Gasteiger partial charge in [-0.15, -0.1) is 11.3 Å². The lowest BCUT2D eigenvalue weighted by Crippen LogP contribution is -2.43. The average molecular weight is 312 g/mol. The molecule has 1 aromatic rings. The lowest BCUT2D eigenvalue weighted by molar-refractivity contribution is 0.199. The van der Waals surface area contributed by atoms with E-state index in [0.29, 0.717) is 6.04 Å². The van der Waals surface area contributed by atoms with Crippen LogP contribution in [0.25, 0.3) is 0 Å². The Bertz CT molecular complexity index is 404. The topological polar surface area (TPSA) is 40.6 Å². The van der Waals surface area contributed by atoms with Crippen molar-refractivity contribution in [3.8, 4) is 0 Å². The van der Waals surface area contributed by atoms with Crippen LogP contribution in [0.2, 0.25) is 0 Å². The van der Waals surface area contributed by atoms with Crippen LogP contribution < -0.4 is 10.2 Å². The Kier molecular flexibility index (Phi) is 6.89. The Balaban J connectivity index is 1.80. The van der Waals surface area contributed by atoms with E-state index in [1.165, 1.54) is 37.4 Å². The Morgan fingerprint density at radius 2 is 2.24 bits per heavy atom. The first-order valence-electron chi connectivity index (χ1n) is 7.84. The molecule has 0 amide bonds. The highest BCUT2D eigenvalue weighted by Gasteiger charge is 2.23. The van der Waals surface area contributed by atoms with Gasteiger partial charge in [-0.1, -0.05) is 6.92 Å². The number of methoxy groups -OCH3 is 1. The van der Waals surface area contributed by atoms with Gasteiger partial charge in [0.2, 0.25) is 0 Å². The third kappa shape index (κ3) is 4.92. The number of ether oxygens (including phenoxy) is 1. The van der Waals surface area contributed by atoms with E-state index in [2.05, 4.69) is 34.1 Å². The Morgan fingerprint density at radius 3 is 2.90 bits per heavy atom. The molecule has 0 atom stereocenters. The summed E-state index contributed by atoms with van der Waals surface area (Å²) >= 11 is 1.80. The molecule has 21 heavy (non-hydrogen) atoms. The number of hydrogen-bond donors (Lipinski definition) is 1. The molecular formula is C15H28N4OS. The smallest absolute Gasteiger partial charge is 0.185 e. The van der Waals surface area contributed by atoms with Crippen LogP contribution >= 0.6 is 11.3 Å². The largest absolute Gasteiger partial charge is 0.383 e. The number of rotatable bonds is 8. The summed E-state index contributed by atoms with van der Waals surface area (Å²) in [6, 6.07) is 0.633. The summed E-state index contributed by atoms with van der Waals surface area (Å²) in [4.78, 5) is 10.8. The number of thiazole rings is 1. The van der Waals surface area contributed by atoms with Crippen molar-refractivity contribution in [2.45, 2.75) is 32.4 Å². The van der Waals surface area contributed by atoms with Crippen LogP contribution in [0, 0.1) is 0 Å². The molecule has 1 N–H and O–H groups in total. The molecule has 2 heterocycles. The van der Waals surface area contributed by atoms with Gasteiger partial charge in [-0.2, -0.15) is 0 Å². The molecule has 1 aliphatic heterocycles. The van der Waals surface area contributed by atoms with Gasteiger partial charge >= 0.3 is 0 Å². The van der Waals surface area contributed by atoms with E-state index in [9.17, 15) is 0 Å². The van der Waals surface area contributed by atoms with Crippen LogP contribution in [0.1, 0.15) is 24.6 Å². The van der Waals surface area contributed by atoms with Gasteiger partial charge in [-0.3, -0.25) is 0 Å². The molecule has 1 aliphatic rings. The van der Waals surface area contributed by atoms with E-state index in [0.717, 1.165) is 24.8 Å².